The van der Waals surface area contributed by atoms with Gasteiger partial charge in [0.05, 0.1) is 17.0 Å². The van der Waals surface area contributed by atoms with Gasteiger partial charge in [-0.1, -0.05) is 29.3 Å². The van der Waals surface area contributed by atoms with Gasteiger partial charge < -0.3 is 5.32 Å². The molecule has 0 radical (unpaired) electrons. The van der Waals surface area contributed by atoms with Gasteiger partial charge >= 0.3 is 0 Å². The van der Waals surface area contributed by atoms with Crippen molar-refractivity contribution in [3.05, 3.63) is 58.9 Å². The highest BCUT2D eigenvalue weighted by Gasteiger charge is 2.21. The molecule has 2 aromatic carbocycles. The topological polar surface area (TPSA) is 66.5 Å². The number of carbonyl (C=O) groups is 1. The van der Waals surface area contributed by atoms with E-state index >= 15 is 0 Å². The van der Waals surface area contributed by atoms with E-state index in [0.717, 1.165) is 33.7 Å². The molecule has 0 saturated carbocycles. The van der Waals surface area contributed by atoms with Gasteiger partial charge in [-0.2, -0.15) is 0 Å². The van der Waals surface area contributed by atoms with E-state index in [-0.39, 0.29) is 10.7 Å². The third kappa shape index (κ3) is 7.00. The third-order valence-corrected chi connectivity index (χ3v) is 6.34. The molecule has 1 N–H and O–H groups in total. The van der Waals surface area contributed by atoms with Crippen molar-refractivity contribution in [2.24, 2.45) is 0 Å². The predicted molar refractivity (Wildman–Crippen MR) is 113 cm³/mol. The van der Waals surface area contributed by atoms with Crippen molar-refractivity contribution in [1.82, 2.24) is 5.32 Å². The lowest BCUT2D eigenvalue weighted by atomic mass is 10.2. The molecule has 0 spiro atoms. The summed E-state index contributed by atoms with van der Waals surface area (Å²) in [5.74, 6) is -0.271. The van der Waals surface area contributed by atoms with Crippen molar-refractivity contribution in [3.63, 3.8) is 0 Å². The molecule has 28 heavy (non-hydrogen) atoms. The number of sulfonamides is 1. The molecule has 5 nitrogen and oxygen atoms in total. The Morgan fingerprint density at radius 3 is 2.50 bits per heavy atom. The van der Waals surface area contributed by atoms with E-state index in [0.29, 0.717) is 6.54 Å². The summed E-state index contributed by atoms with van der Waals surface area (Å²) >= 11 is 7.41. The summed E-state index contributed by atoms with van der Waals surface area (Å²) in [6.45, 7) is 2.06. The van der Waals surface area contributed by atoms with Crippen molar-refractivity contribution in [1.29, 1.82) is 0 Å². The maximum Gasteiger partial charge on any atom is 0.240 e. The number of aryl methyl sites for hydroxylation is 1. The van der Waals surface area contributed by atoms with Gasteiger partial charge in [-0.3, -0.25) is 9.10 Å². The van der Waals surface area contributed by atoms with Gasteiger partial charge in [-0.25, -0.2) is 12.8 Å². The summed E-state index contributed by atoms with van der Waals surface area (Å²) in [4.78, 5) is 13.3. The Balaban J connectivity index is 1.84. The molecule has 0 atom stereocenters. The zero-order chi connectivity index (χ0) is 20.7. The SMILES string of the molecule is Cc1ccc(SCCCNC(=O)CN(c2ccc(F)c(Cl)c2)S(C)(=O)=O)cc1. The number of hydrogen-bond donors (Lipinski definition) is 1. The number of rotatable bonds is 9. The van der Waals surface area contributed by atoms with Crippen LogP contribution in [0.25, 0.3) is 0 Å². The van der Waals surface area contributed by atoms with E-state index in [2.05, 4.69) is 17.4 Å². The Morgan fingerprint density at radius 1 is 1.21 bits per heavy atom. The van der Waals surface area contributed by atoms with Crippen LogP contribution in [0.2, 0.25) is 5.02 Å². The molecule has 0 aromatic heterocycles. The van der Waals surface area contributed by atoms with Gasteiger partial charge in [0.25, 0.3) is 0 Å². The summed E-state index contributed by atoms with van der Waals surface area (Å²) in [5.41, 5.74) is 1.34. The fraction of sp³-hybridized carbons (Fsp3) is 0.316. The molecular weight excluding hydrogens is 423 g/mol. The molecule has 0 fully saturated rings. The largest absolute Gasteiger partial charge is 0.354 e. The molecule has 0 aliphatic heterocycles. The van der Waals surface area contributed by atoms with Crippen LogP contribution >= 0.6 is 23.4 Å². The molecule has 0 unspecified atom stereocenters. The second-order valence-corrected chi connectivity index (χ2v) is 9.72. The van der Waals surface area contributed by atoms with Crippen LogP contribution in [0.4, 0.5) is 10.1 Å². The van der Waals surface area contributed by atoms with Crippen LogP contribution in [0.3, 0.4) is 0 Å². The van der Waals surface area contributed by atoms with Gasteiger partial charge in [0, 0.05) is 11.4 Å². The van der Waals surface area contributed by atoms with Gasteiger partial charge in [0.1, 0.15) is 12.4 Å². The van der Waals surface area contributed by atoms with E-state index in [1.54, 1.807) is 11.8 Å². The van der Waals surface area contributed by atoms with Crippen LogP contribution in [0, 0.1) is 12.7 Å². The highest BCUT2D eigenvalue weighted by atomic mass is 35.5. The van der Waals surface area contributed by atoms with Crippen LogP contribution in [-0.2, 0) is 14.8 Å². The Hall–Kier alpha value is -1.77. The van der Waals surface area contributed by atoms with E-state index in [1.807, 2.05) is 19.1 Å². The van der Waals surface area contributed by atoms with Gasteiger partial charge in [-0.05, 0) is 49.4 Å². The Bertz CT molecular complexity index is 921. The minimum absolute atomic E-state index is 0.138. The molecule has 0 aliphatic rings. The second-order valence-electron chi connectivity index (χ2n) is 6.23. The highest BCUT2D eigenvalue weighted by molar-refractivity contribution is 7.99. The fourth-order valence-corrected chi connectivity index (χ4v) is 4.23. The molecule has 152 valence electrons. The average molecular weight is 445 g/mol. The molecule has 2 rings (SSSR count). The molecule has 0 heterocycles. The number of hydrogen-bond acceptors (Lipinski definition) is 4. The molecule has 0 saturated heterocycles. The maximum atomic E-state index is 13.3. The smallest absolute Gasteiger partial charge is 0.240 e. The summed E-state index contributed by atoms with van der Waals surface area (Å²) in [7, 11) is -3.73. The van der Waals surface area contributed by atoms with Gasteiger partial charge in [0.2, 0.25) is 15.9 Å². The second kappa shape index (κ2) is 10.1. The quantitative estimate of drug-likeness (QED) is 0.471. The maximum absolute atomic E-state index is 13.3. The first-order valence-electron chi connectivity index (χ1n) is 8.56. The Morgan fingerprint density at radius 2 is 1.89 bits per heavy atom. The van der Waals surface area contributed by atoms with Gasteiger partial charge in [0.15, 0.2) is 0 Å². The first kappa shape index (κ1) is 22.5. The fourth-order valence-electron chi connectivity index (χ4n) is 2.35. The molecule has 1 amide bonds. The molecule has 9 heteroatoms. The number of amides is 1. The molecule has 2 aromatic rings. The summed E-state index contributed by atoms with van der Waals surface area (Å²) < 4.78 is 38.3. The van der Waals surface area contributed by atoms with E-state index < -0.39 is 28.3 Å². The van der Waals surface area contributed by atoms with Crippen molar-refractivity contribution < 1.29 is 17.6 Å². The van der Waals surface area contributed by atoms with Crippen LogP contribution in [0.15, 0.2) is 47.4 Å². The number of nitrogens with zero attached hydrogens (tertiary/aromatic N) is 1. The average Bonchev–Trinajstić information content (AvgIpc) is 2.62. The Labute approximate surface area is 174 Å². The summed E-state index contributed by atoms with van der Waals surface area (Å²) in [6.07, 6.45) is 1.72. The first-order chi connectivity index (χ1) is 13.2. The standard InChI is InChI=1S/C19H22ClFN2O3S2/c1-14-4-7-16(8-5-14)27-11-3-10-22-19(24)13-23(28(2,25)26)15-6-9-18(21)17(20)12-15/h4-9,12H,3,10-11,13H2,1-2H3,(H,22,24). The summed E-state index contributed by atoms with van der Waals surface area (Å²) in [6, 6.07) is 11.7. The van der Waals surface area contributed by atoms with Crippen LogP contribution in [0.1, 0.15) is 12.0 Å². The monoisotopic (exact) mass is 444 g/mol. The Kier molecular flexibility index (Phi) is 8.15. The van der Waals surface area contributed by atoms with Crippen molar-refractivity contribution in [3.8, 4) is 0 Å². The summed E-state index contributed by atoms with van der Waals surface area (Å²) in [5, 5.41) is 2.50. The minimum Gasteiger partial charge on any atom is -0.354 e. The van der Waals surface area contributed by atoms with Crippen molar-refractivity contribution in [2.45, 2.75) is 18.2 Å². The lowest BCUT2D eigenvalue weighted by Gasteiger charge is -2.22. The van der Waals surface area contributed by atoms with E-state index in [4.69, 9.17) is 11.6 Å². The number of halogens is 2. The molecule has 0 bridgehead atoms. The number of thioether (sulfide) groups is 1. The third-order valence-electron chi connectivity index (χ3n) is 3.81. The minimum atomic E-state index is -3.73. The van der Waals surface area contributed by atoms with Crippen LogP contribution in [0.5, 0.6) is 0 Å². The number of carbonyl (C=O) groups excluding carboxylic acids is 1. The lowest BCUT2D eigenvalue weighted by molar-refractivity contribution is -0.119. The van der Waals surface area contributed by atoms with Crippen LogP contribution < -0.4 is 9.62 Å². The normalized spacial score (nSPS) is 11.3. The first-order valence-corrected chi connectivity index (χ1v) is 11.8. The van der Waals surface area contributed by atoms with Gasteiger partial charge in [-0.15, -0.1) is 11.8 Å². The van der Waals surface area contributed by atoms with E-state index in [1.165, 1.54) is 17.7 Å². The zero-order valence-corrected chi connectivity index (χ0v) is 18.0. The van der Waals surface area contributed by atoms with Crippen LogP contribution in [-0.4, -0.2) is 39.4 Å². The van der Waals surface area contributed by atoms with E-state index in [9.17, 15) is 17.6 Å². The predicted octanol–water partition coefficient (Wildman–Crippen LogP) is 3.85. The van der Waals surface area contributed by atoms with Crippen molar-refractivity contribution in [2.75, 3.05) is 29.4 Å². The number of anilines is 1. The molecular formula is C19H22ClFN2O3S2. The zero-order valence-electron chi connectivity index (χ0n) is 15.6. The number of nitrogens with one attached hydrogen (secondary N) is 1. The van der Waals surface area contributed by atoms with Crippen molar-refractivity contribution >= 4 is 45.0 Å². The highest BCUT2D eigenvalue weighted by Crippen LogP contribution is 2.24. The molecule has 0 aliphatic carbocycles. The lowest BCUT2D eigenvalue weighted by Crippen LogP contribution is -2.40. The number of benzene rings is 2.